The lowest BCUT2D eigenvalue weighted by Crippen LogP contribution is -2.43. The molecule has 0 aliphatic carbocycles. The molecule has 1 aromatic rings. The standard InChI is InChI=1S/C14H20FNO3/c1-10(2)16(8-11(3)17)14(18)9-19-13-7-5-4-6-12(13)15/h4-7,10-11,17H,8-9H2,1-3H3. The average molecular weight is 269 g/mol. The summed E-state index contributed by atoms with van der Waals surface area (Å²) in [4.78, 5) is 13.5. The molecule has 1 aromatic carbocycles. The first-order valence-corrected chi connectivity index (χ1v) is 6.26. The normalized spacial score (nSPS) is 12.3. The number of aliphatic hydroxyl groups excluding tert-OH is 1. The van der Waals surface area contributed by atoms with E-state index in [9.17, 15) is 14.3 Å². The van der Waals surface area contributed by atoms with E-state index in [-0.39, 0.29) is 30.9 Å². The number of rotatable bonds is 6. The van der Waals surface area contributed by atoms with Crippen LogP contribution in [0.2, 0.25) is 0 Å². The van der Waals surface area contributed by atoms with Crippen LogP contribution in [-0.2, 0) is 4.79 Å². The topological polar surface area (TPSA) is 49.8 Å². The molecule has 1 atom stereocenters. The largest absolute Gasteiger partial charge is 0.481 e. The fourth-order valence-corrected chi connectivity index (χ4v) is 1.67. The Kier molecular flexibility index (Phi) is 5.76. The van der Waals surface area contributed by atoms with Crippen molar-refractivity contribution in [3.63, 3.8) is 0 Å². The van der Waals surface area contributed by atoms with Gasteiger partial charge in [-0.3, -0.25) is 4.79 Å². The number of amides is 1. The maximum atomic E-state index is 13.3. The summed E-state index contributed by atoms with van der Waals surface area (Å²) in [6.07, 6.45) is -0.611. The third-order valence-electron chi connectivity index (χ3n) is 2.59. The van der Waals surface area contributed by atoms with Crippen LogP contribution in [-0.4, -0.2) is 41.2 Å². The Hall–Kier alpha value is -1.62. The molecule has 0 saturated heterocycles. The van der Waals surface area contributed by atoms with Crippen molar-refractivity contribution in [3.8, 4) is 5.75 Å². The summed E-state index contributed by atoms with van der Waals surface area (Å²) in [5.74, 6) is -0.724. The first-order chi connectivity index (χ1) is 8.91. The summed E-state index contributed by atoms with van der Waals surface area (Å²) in [6, 6.07) is 5.88. The van der Waals surface area contributed by atoms with Crippen LogP contribution in [0.5, 0.6) is 5.75 Å². The molecule has 1 unspecified atom stereocenters. The smallest absolute Gasteiger partial charge is 0.260 e. The van der Waals surface area contributed by atoms with Gasteiger partial charge in [0.05, 0.1) is 6.10 Å². The van der Waals surface area contributed by atoms with Gasteiger partial charge in [0.1, 0.15) is 0 Å². The minimum Gasteiger partial charge on any atom is -0.481 e. The van der Waals surface area contributed by atoms with Crippen LogP contribution in [0.25, 0.3) is 0 Å². The van der Waals surface area contributed by atoms with Crippen LogP contribution in [0.3, 0.4) is 0 Å². The predicted octanol–water partition coefficient (Wildman–Crippen LogP) is 1.82. The second-order valence-corrected chi connectivity index (χ2v) is 4.71. The Morgan fingerprint density at radius 2 is 2.00 bits per heavy atom. The van der Waals surface area contributed by atoms with Gasteiger partial charge in [0.25, 0.3) is 5.91 Å². The van der Waals surface area contributed by atoms with Crippen LogP contribution in [0.4, 0.5) is 4.39 Å². The molecule has 0 aliphatic rings. The molecule has 0 aliphatic heterocycles. The fourth-order valence-electron chi connectivity index (χ4n) is 1.67. The molecule has 0 heterocycles. The quantitative estimate of drug-likeness (QED) is 0.857. The van der Waals surface area contributed by atoms with E-state index in [1.54, 1.807) is 19.1 Å². The van der Waals surface area contributed by atoms with Crippen LogP contribution in [0.15, 0.2) is 24.3 Å². The summed E-state index contributed by atoms with van der Waals surface area (Å²) in [5, 5.41) is 9.36. The lowest BCUT2D eigenvalue weighted by molar-refractivity contribution is -0.136. The van der Waals surface area contributed by atoms with Gasteiger partial charge in [-0.1, -0.05) is 12.1 Å². The van der Waals surface area contributed by atoms with Gasteiger partial charge in [-0.25, -0.2) is 4.39 Å². The van der Waals surface area contributed by atoms with E-state index >= 15 is 0 Å². The first kappa shape index (κ1) is 15.4. The molecule has 0 aromatic heterocycles. The molecule has 5 heteroatoms. The van der Waals surface area contributed by atoms with Crippen molar-refractivity contribution in [3.05, 3.63) is 30.1 Å². The number of carbonyl (C=O) groups is 1. The molecular formula is C14H20FNO3. The minimum absolute atomic E-state index is 0.0497. The molecule has 19 heavy (non-hydrogen) atoms. The second-order valence-electron chi connectivity index (χ2n) is 4.71. The average Bonchev–Trinajstić information content (AvgIpc) is 2.34. The van der Waals surface area contributed by atoms with E-state index in [0.717, 1.165) is 0 Å². The summed E-state index contributed by atoms with van der Waals surface area (Å²) >= 11 is 0. The third kappa shape index (κ3) is 4.87. The van der Waals surface area contributed by atoms with Gasteiger partial charge in [-0.05, 0) is 32.9 Å². The van der Waals surface area contributed by atoms with Crippen LogP contribution in [0, 0.1) is 5.82 Å². The molecule has 0 bridgehead atoms. The first-order valence-electron chi connectivity index (χ1n) is 6.26. The number of para-hydroxylation sites is 1. The van der Waals surface area contributed by atoms with Crippen LogP contribution < -0.4 is 4.74 Å². The SMILES string of the molecule is CC(O)CN(C(=O)COc1ccccc1F)C(C)C. The number of hydrogen-bond donors (Lipinski definition) is 1. The molecular weight excluding hydrogens is 249 g/mol. The van der Waals surface area contributed by atoms with Crippen molar-refractivity contribution in [2.75, 3.05) is 13.2 Å². The second kappa shape index (κ2) is 7.09. The molecule has 106 valence electrons. The molecule has 1 rings (SSSR count). The third-order valence-corrected chi connectivity index (χ3v) is 2.59. The van der Waals surface area contributed by atoms with Crippen molar-refractivity contribution < 1.29 is 19.0 Å². The van der Waals surface area contributed by atoms with Crippen molar-refractivity contribution in [1.82, 2.24) is 4.90 Å². The van der Waals surface area contributed by atoms with E-state index < -0.39 is 11.9 Å². The minimum atomic E-state index is -0.611. The van der Waals surface area contributed by atoms with Gasteiger partial charge in [0.15, 0.2) is 18.2 Å². The van der Waals surface area contributed by atoms with Gasteiger partial charge in [0, 0.05) is 12.6 Å². The van der Waals surface area contributed by atoms with Gasteiger partial charge in [0.2, 0.25) is 0 Å². The fraction of sp³-hybridized carbons (Fsp3) is 0.500. The van der Waals surface area contributed by atoms with Gasteiger partial charge in [-0.15, -0.1) is 0 Å². The van der Waals surface area contributed by atoms with E-state index in [0.29, 0.717) is 0 Å². The van der Waals surface area contributed by atoms with E-state index in [1.165, 1.54) is 17.0 Å². The summed E-state index contributed by atoms with van der Waals surface area (Å²) in [7, 11) is 0. The van der Waals surface area contributed by atoms with E-state index in [2.05, 4.69) is 0 Å². The zero-order valence-electron chi connectivity index (χ0n) is 11.5. The Labute approximate surface area is 112 Å². The number of nitrogens with zero attached hydrogens (tertiary/aromatic N) is 1. The number of ether oxygens (including phenoxy) is 1. The molecule has 4 nitrogen and oxygen atoms in total. The molecule has 0 radical (unpaired) electrons. The Bertz CT molecular complexity index is 421. The molecule has 1 N–H and O–H groups in total. The van der Waals surface area contributed by atoms with Crippen molar-refractivity contribution >= 4 is 5.91 Å². The van der Waals surface area contributed by atoms with Crippen molar-refractivity contribution in [2.24, 2.45) is 0 Å². The van der Waals surface area contributed by atoms with Gasteiger partial charge >= 0.3 is 0 Å². The number of halogens is 1. The Morgan fingerprint density at radius 3 is 2.53 bits per heavy atom. The number of carbonyl (C=O) groups excluding carboxylic acids is 1. The highest BCUT2D eigenvalue weighted by Gasteiger charge is 2.19. The lowest BCUT2D eigenvalue weighted by Gasteiger charge is -2.27. The van der Waals surface area contributed by atoms with E-state index in [4.69, 9.17) is 4.74 Å². The highest BCUT2D eigenvalue weighted by Crippen LogP contribution is 2.15. The van der Waals surface area contributed by atoms with Crippen molar-refractivity contribution in [2.45, 2.75) is 32.9 Å². The molecule has 0 saturated carbocycles. The maximum absolute atomic E-state index is 13.3. The predicted molar refractivity (Wildman–Crippen MR) is 70.4 cm³/mol. The number of benzene rings is 1. The summed E-state index contributed by atoms with van der Waals surface area (Å²) in [5.41, 5.74) is 0. The van der Waals surface area contributed by atoms with Gasteiger partial charge in [-0.2, -0.15) is 0 Å². The lowest BCUT2D eigenvalue weighted by atomic mass is 10.2. The van der Waals surface area contributed by atoms with Crippen molar-refractivity contribution in [1.29, 1.82) is 0 Å². The zero-order valence-corrected chi connectivity index (χ0v) is 11.5. The zero-order chi connectivity index (χ0) is 14.4. The van der Waals surface area contributed by atoms with Crippen LogP contribution >= 0.6 is 0 Å². The highest BCUT2D eigenvalue weighted by molar-refractivity contribution is 5.78. The molecule has 0 spiro atoms. The molecule has 0 fully saturated rings. The van der Waals surface area contributed by atoms with E-state index in [1.807, 2.05) is 13.8 Å². The highest BCUT2D eigenvalue weighted by atomic mass is 19.1. The van der Waals surface area contributed by atoms with Gasteiger partial charge < -0.3 is 14.7 Å². The number of hydrogen-bond acceptors (Lipinski definition) is 3. The number of aliphatic hydroxyl groups is 1. The monoisotopic (exact) mass is 269 g/mol. The Morgan fingerprint density at radius 1 is 1.37 bits per heavy atom. The molecule has 1 amide bonds. The van der Waals surface area contributed by atoms with Crippen LogP contribution in [0.1, 0.15) is 20.8 Å². The maximum Gasteiger partial charge on any atom is 0.260 e. The summed E-state index contributed by atoms with van der Waals surface area (Å²) in [6.45, 7) is 5.30. The Balaban J connectivity index is 2.60. The summed E-state index contributed by atoms with van der Waals surface area (Å²) < 4.78 is 18.5.